The van der Waals surface area contributed by atoms with Crippen LogP contribution < -0.4 is 5.73 Å². The fourth-order valence-electron chi connectivity index (χ4n) is 0.347. The first kappa shape index (κ1) is 13.9. The molecule has 0 heterocycles. The van der Waals surface area contributed by atoms with Gasteiger partial charge in [-0.2, -0.15) is 0 Å². The Morgan fingerprint density at radius 2 is 1.58 bits per heavy atom. The first-order valence-corrected chi connectivity index (χ1v) is 3.82. The Balaban J connectivity index is 0. The standard InChI is InChI=1S/C4H10O2.C3H7NO2/c5-3-1-2-4-6;4-2-1-3(5)6/h5-6H,1-4H2;1-2,4H2,(H,5,6). The molecular weight excluding hydrogens is 162 g/mol. The van der Waals surface area contributed by atoms with Gasteiger partial charge in [0.1, 0.15) is 0 Å². The van der Waals surface area contributed by atoms with Gasteiger partial charge in [-0.25, -0.2) is 0 Å². The van der Waals surface area contributed by atoms with Crippen LogP contribution in [-0.4, -0.2) is 41.0 Å². The van der Waals surface area contributed by atoms with E-state index >= 15 is 0 Å². The summed E-state index contributed by atoms with van der Waals surface area (Å²) in [6.45, 7) is 0.621. The number of carboxylic acid groups (broad SMARTS) is 1. The zero-order valence-corrected chi connectivity index (χ0v) is 7.07. The van der Waals surface area contributed by atoms with Crippen LogP contribution in [0.15, 0.2) is 0 Å². The van der Waals surface area contributed by atoms with Crippen LogP contribution in [0.4, 0.5) is 0 Å². The summed E-state index contributed by atoms with van der Waals surface area (Å²) in [4.78, 5) is 9.52. The summed E-state index contributed by atoms with van der Waals surface area (Å²) in [5, 5.41) is 24.0. The number of aliphatic hydroxyl groups excluding tert-OH is 2. The average Bonchev–Trinajstić information content (AvgIpc) is 2.02. The number of aliphatic carboxylic acids is 1. The van der Waals surface area contributed by atoms with E-state index in [-0.39, 0.29) is 26.2 Å². The summed E-state index contributed by atoms with van der Waals surface area (Å²) in [5.41, 5.74) is 4.85. The molecule has 0 aliphatic rings. The second-order valence-corrected chi connectivity index (χ2v) is 2.09. The molecule has 0 fully saturated rings. The molecule has 5 N–H and O–H groups in total. The van der Waals surface area contributed by atoms with E-state index in [2.05, 4.69) is 0 Å². The third-order valence-electron chi connectivity index (χ3n) is 0.924. The van der Waals surface area contributed by atoms with E-state index in [9.17, 15) is 4.79 Å². The minimum absolute atomic E-state index is 0.0694. The van der Waals surface area contributed by atoms with Crippen LogP contribution in [0.3, 0.4) is 0 Å². The van der Waals surface area contributed by atoms with E-state index in [1.165, 1.54) is 0 Å². The van der Waals surface area contributed by atoms with Crippen LogP contribution in [0.5, 0.6) is 0 Å². The highest BCUT2D eigenvalue weighted by atomic mass is 16.4. The molecule has 0 aromatic rings. The van der Waals surface area contributed by atoms with Gasteiger partial charge in [0.25, 0.3) is 0 Å². The Morgan fingerprint density at radius 3 is 1.67 bits per heavy atom. The van der Waals surface area contributed by atoms with Crippen molar-refractivity contribution >= 4 is 5.97 Å². The molecular formula is C7H17NO4. The Morgan fingerprint density at radius 1 is 1.17 bits per heavy atom. The van der Waals surface area contributed by atoms with Gasteiger partial charge < -0.3 is 21.1 Å². The van der Waals surface area contributed by atoms with Gasteiger partial charge in [0.2, 0.25) is 0 Å². The molecule has 0 aromatic heterocycles. The molecule has 0 radical (unpaired) electrons. The molecule has 0 saturated carbocycles. The number of hydrogen-bond acceptors (Lipinski definition) is 4. The van der Waals surface area contributed by atoms with Gasteiger partial charge in [0.15, 0.2) is 0 Å². The Kier molecular flexibility index (Phi) is 15.0. The van der Waals surface area contributed by atoms with Gasteiger partial charge in [-0.15, -0.1) is 0 Å². The molecule has 0 unspecified atom stereocenters. The van der Waals surface area contributed by atoms with Crippen LogP contribution in [0.25, 0.3) is 0 Å². The molecule has 0 atom stereocenters. The lowest BCUT2D eigenvalue weighted by atomic mass is 10.3. The number of nitrogens with two attached hydrogens (primary N) is 1. The molecule has 5 nitrogen and oxygen atoms in total. The van der Waals surface area contributed by atoms with Crippen LogP contribution in [0.2, 0.25) is 0 Å². The highest BCUT2D eigenvalue weighted by Crippen LogP contribution is 1.80. The second-order valence-electron chi connectivity index (χ2n) is 2.09. The summed E-state index contributed by atoms with van der Waals surface area (Å²) in [5.74, 6) is -0.836. The highest BCUT2D eigenvalue weighted by Gasteiger charge is 1.87. The van der Waals surface area contributed by atoms with Crippen LogP contribution in [0, 0.1) is 0 Å². The highest BCUT2D eigenvalue weighted by molar-refractivity contribution is 5.66. The van der Waals surface area contributed by atoms with Crippen LogP contribution in [-0.2, 0) is 4.79 Å². The number of carbonyl (C=O) groups is 1. The van der Waals surface area contributed by atoms with Gasteiger partial charge in [0, 0.05) is 19.8 Å². The summed E-state index contributed by atoms with van der Waals surface area (Å²) in [6.07, 6.45) is 1.51. The third-order valence-corrected chi connectivity index (χ3v) is 0.924. The minimum Gasteiger partial charge on any atom is -0.481 e. The van der Waals surface area contributed by atoms with E-state index in [1.807, 2.05) is 0 Å². The summed E-state index contributed by atoms with van der Waals surface area (Å²) >= 11 is 0. The SMILES string of the molecule is NCCC(=O)O.OCCCCO. The van der Waals surface area contributed by atoms with Crippen molar-refractivity contribution in [2.24, 2.45) is 5.73 Å². The topological polar surface area (TPSA) is 104 Å². The quantitative estimate of drug-likeness (QED) is 0.412. The van der Waals surface area contributed by atoms with Gasteiger partial charge in [-0.3, -0.25) is 4.79 Å². The fraction of sp³-hybridized carbons (Fsp3) is 0.857. The zero-order chi connectivity index (χ0) is 9.82. The molecule has 12 heavy (non-hydrogen) atoms. The van der Waals surface area contributed by atoms with Crippen molar-refractivity contribution in [3.8, 4) is 0 Å². The number of aliphatic hydroxyl groups is 2. The van der Waals surface area contributed by atoms with Crippen molar-refractivity contribution in [1.29, 1.82) is 0 Å². The average molecular weight is 179 g/mol. The molecule has 0 spiro atoms. The van der Waals surface area contributed by atoms with Crippen molar-refractivity contribution in [3.63, 3.8) is 0 Å². The van der Waals surface area contributed by atoms with E-state index < -0.39 is 5.97 Å². The molecule has 5 heteroatoms. The predicted octanol–water partition coefficient (Wildman–Crippen LogP) is -0.829. The lowest BCUT2D eigenvalue weighted by Crippen LogP contribution is -2.05. The van der Waals surface area contributed by atoms with Crippen molar-refractivity contribution in [3.05, 3.63) is 0 Å². The lowest BCUT2D eigenvalue weighted by Gasteiger charge is -1.85. The van der Waals surface area contributed by atoms with Crippen molar-refractivity contribution < 1.29 is 20.1 Å². The molecule has 0 amide bonds. The van der Waals surface area contributed by atoms with Crippen molar-refractivity contribution in [2.45, 2.75) is 19.3 Å². The predicted molar refractivity (Wildman–Crippen MR) is 44.7 cm³/mol. The largest absolute Gasteiger partial charge is 0.481 e. The molecule has 0 bridgehead atoms. The number of unbranched alkanes of at least 4 members (excludes halogenated alkanes) is 1. The maximum Gasteiger partial charge on any atom is 0.304 e. The second kappa shape index (κ2) is 13.0. The normalized spacial score (nSPS) is 8.58. The van der Waals surface area contributed by atoms with Crippen molar-refractivity contribution in [1.82, 2.24) is 0 Å². The number of rotatable bonds is 5. The van der Waals surface area contributed by atoms with E-state index in [0.717, 1.165) is 12.8 Å². The molecule has 0 aliphatic carbocycles. The molecule has 74 valence electrons. The Bertz CT molecular complexity index is 93.4. The minimum atomic E-state index is -0.836. The smallest absolute Gasteiger partial charge is 0.304 e. The maximum atomic E-state index is 9.52. The fourth-order valence-corrected chi connectivity index (χ4v) is 0.347. The van der Waals surface area contributed by atoms with E-state index in [1.54, 1.807) is 0 Å². The summed E-state index contributed by atoms with van der Waals surface area (Å²) in [6, 6.07) is 0. The summed E-state index contributed by atoms with van der Waals surface area (Å²) in [7, 11) is 0. The van der Waals surface area contributed by atoms with Gasteiger partial charge in [0.05, 0.1) is 6.42 Å². The lowest BCUT2D eigenvalue weighted by molar-refractivity contribution is -0.136. The third kappa shape index (κ3) is 22.8. The van der Waals surface area contributed by atoms with Gasteiger partial charge in [-0.05, 0) is 12.8 Å². The van der Waals surface area contributed by atoms with E-state index in [0.29, 0.717) is 0 Å². The first-order chi connectivity index (χ1) is 5.68. The molecule has 0 aromatic carbocycles. The Labute approximate surface area is 71.8 Å². The number of carboxylic acids is 1. The van der Waals surface area contributed by atoms with E-state index in [4.69, 9.17) is 21.1 Å². The van der Waals surface area contributed by atoms with Crippen LogP contribution >= 0.6 is 0 Å². The Hall–Kier alpha value is -0.650. The monoisotopic (exact) mass is 179 g/mol. The number of hydrogen-bond donors (Lipinski definition) is 4. The van der Waals surface area contributed by atoms with Gasteiger partial charge >= 0.3 is 5.97 Å². The zero-order valence-electron chi connectivity index (χ0n) is 7.07. The van der Waals surface area contributed by atoms with Gasteiger partial charge in [-0.1, -0.05) is 0 Å². The first-order valence-electron chi connectivity index (χ1n) is 3.82. The molecule has 0 saturated heterocycles. The molecule has 0 aliphatic heterocycles. The maximum absolute atomic E-state index is 9.52. The molecule has 0 rings (SSSR count). The van der Waals surface area contributed by atoms with Crippen molar-refractivity contribution in [2.75, 3.05) is 19.8 Å². The van der Waals surface area contributed by atoms with Crippen LogP contribution in [0.1, 0.15) is 19.3 Å². The summed E-state index contributed by atoms with van der Waals surface area (Å²) < 4.78 is 0.